The van der Waals surface area contributed by atoms with Crippen LogP contribution < -0.4 is 16.0 Å². The van der Waals surface area contributed by atoms with Crippen LogP contribution >= 0.6 is 0 Å². The average molecular weight is 544 g/mol. The van der Waals surface area contributed by atoms with Gasteiger partial charge in [-0.25, -0.2) is 0 Å². The van der Waals surface area contributed by atoms with Crippen LogP contribution in [-0.2, 0) is 9.59 Å². The summed E-state index contributed by atoms with van der Waals surface area (Å²) in [4.78, 5) is 25.2. The number of rotatable bonds is 8. The molecule has 0 spiro atoms. The number of halogens is 6. The van der Waals surface area contributed by atoms with Gasteiger partial charge in [-0.2, -0.15) is 26.3 Å². The first-order valence-corrected chi connectivity index (χ1v) is 12.3. The zero-order chi connectivity index (χ0) is 28.3. The van der Waals surface area contributed by atoms with Crippen molar-refractivity contribution < 1.29 is 35.9 Å². The third-order valence-electron chi connectivity index (χ3n) is 6.44. The fourth-order valence-electron chi connectivity index (χ4n) is 4.38. The normalized spacial score (nSPS) is 20.3. The molecule has 1 unspecified atom stereocenters. The summed E-state index contributed by atoms with van der Waals surface area (Å²) < 4.78 is 81.9. The summed E-state index contributed by atoms with van der Waals surface area (Å²) in [5.41, 5.74) is 2.47. The first kappa shape index (κ1) is 29.6. The Morgan fingerprint density at radius 3 is 2.03 bits per heavy atom. The Bertz CT molecular complexity index is 1100. The second-order valence-electron chi connectivity index (χ2n) is 10.0. The molecule has 0 aromatic heterocycles. The summed E-state index contributed by atoms with van der Waals surface area (Å²) in [5, 5.41) is 6.70. The number of carbonyl (C=O) groups is 2. The lowest BCUT2D eigenvalue weighted by molar-refractivity contribution is -0.166. The Labute approximate surface area is 217 Å². The highest BCUT2D eigenvalue weighted by molar-refractivity contribution is 5.92. The Morgan fingerprint density at radius 2 is 1.53 bits per heavy atom. The molecule has 0 radical (unpaired) electrons. The summed E-state index contributed by atoms with van der Waals surface area (Å²) in [7, 11) is 0. The molecule has 0 bridgehead atoms. The van der Waals surface area contributed by atoms with Gasteiger partial charge in [0.15, 0.2) is 5.78 Å². The summed E-state index contributed by atoms with van der Waals surface area (Å²) in [6, 6.07) is 6.21. The molecule has 38 heavy (non-hydrogen) atoms. The second-order valence-corrected chi connectivity index (χ2v) is 10.0. The lowest BCUT2D eigenvalue weighted by atomic mass is 9.95. The Morgan fingerprint density at radius 1 is 0.974 bits per heavy atom. The molecule has 4 atom stereocenters. The van der Waals surface area contributed by atoms with Crippen molar-refractivity contribution in [3.63, 3.8) is 0 Å². The third kappa shape index (κ3) is 7.80. The van der Waals surface area contributed by atoms with Crippen LogP contribution in [0.2, 0.25) is 0 Å². The van der Waals surface area contributed by atoms with Gasteiger partial charge in [-0.1, -0.05) is 67.9 Å². The molecule has 0 saturated carbocycles. The van der Waals surface area contributed by atoms with Crippen LogP contribution in [0.15, 0.2) is 48.5 Å². The Hall–Kier alpha value is -2.92. The van der Waals surface area contributed by atoms with Gasteiger partial charge in [0.1, 0.15) is 12.1 Å². The van der Waals surface area contributed by atoms with Crippen LogP contribution in [0.5, 0.6) is 0 Å². The summed E-state index contributed by atoms with van der Waals surface area (Å²) in [5.74, 6) is -1.84. The number of amides is 1. The number of carbonyl (C=O) groups excluding carboxylic acids is 2. The number of benzene rings is 2. The van der Waals surface area contributed by atoms with E-state index in [4.69, 9.17) is 0 Å². The van der Waals surface area contributed by atoms with E-state index >= 15 is 0 Å². The monoisotopic (exact) mass is 543 g/mol. The minimum absolute atomic E-state index is 0.0261. The molecule has 1 amide bonds. The Balaban J connectivity index is 1.81. The van der Waals surface area contributed by atoms with Crippen molar-refractivity contribution in [1.29, 1.82) is 0 Å². The number of ketones is 1. The summed E-state index contributed by atoms with van der Waals surface area (Å²) in [6.07, 6.45) is -10.2. The van der Waals surface area contributed by atoms with Crippen molar-refractivity contribution in [2.24, 2.45) is 5.92 Å². The number of nitrogens with one attached hydrogen (secondary N) is 3. The van der Waals surface area contributed by atoms with Crippen LogP contribution in [0.4, 0.5) is 26.3 Å². The zero-order valence-corrected chi connectivity index (χ0v) is 21.2. The lowest BCUT2D eigenvalue weighted by Crippen LogP contribution is -2.60. The van der Waals surface area contributed by atoms with Gasteiger partial charge < -0.3 is 5.32 Å². The second kappa shape index (κ2) is 11.9. The predicted molar refractivity (Wildman–Crippen MR) is 131 cm³/mol. The maximum atomic E-state index is 14.2. The lowest BCUT2D eigenvalue weighted by Gasteiger charge is -2.33. The van der Waals surface area contributed by atoms with Crippen LogP contribution in [0.25, 0.3) is 11.1 Å². The largest absolute Gasteiger partial charge is 0.407 e. The van der Waals surface area contributed by atoms with Gasteiger partial charge in [-0.05, 0) is 42.4 Å². The number of piperidine rings is 1. The van der Waals surface area contributed by atoms with E-state index in [1.807, 2.05) is 31.2 Å². The van der Waals surface area contributed by atoms with E-state index in [0.29, 0.717) is 0 Å². The van der Waals surface area contributed by atoms with E-state index in [2.05, 4.69) is 16.0 Å². The zero-order valence-electron chi connectivity index (χ0n) is 21.2. The highest BCUT2D eigenvalue weighted by Crippen LogP contribution is 2.35. The molecule has 2 aromatic rings. The van der Waals surface area contributed by atoms with Crippen molar-refractivity contribution in [3.8, 4) is 11.1 Å². The first-order chi connectivity index (χ1) is 17.6. The van der Waals surface area contributed by atoms with Crippen LogP contribution in [-0.4, -0.2) is 48.7 Å². The molecule has 1 aliphatic rings. The number of alkyl halides is 6. The van der Waals surface area contributed by atoms with Gasteiger partial charge in [0.25, 0.3) is 0 Å². The molecular formula is C27H31F6N3O2. The first-order valence-electron chi connectivity index (χ1n) is 12.3. The molecule has 1 fully saturated rings. The quantitative estimate of drug-likeness (QED) is 0.398. The maximum Gasteiger partial charge on any atom is 0.407 e. The van der Waals surface area contributed by atoms with E-state index in [9.17, 15) is 35.9 Å². The van der Waals surface area contributed by atoms with Gasteiger partial charge in [0.05, 0.1) is 18.6 Å². The van der Waals surface area contributed by atoms with Gasteiger partial charge in [-0.3, -0.25) is 20.2 Å². The average Bonchev–Trinajstić information content (AvgIpc) is 2.82. The van der Waals surface area contributed by atoms with Crippen molar-refractivity contribution in [3.05, 3.63) is 59.7 Å². The molecule has 3 N–H and O–H groups in total. The minimum Gasteiger partial charge on any atom is -0.345 e. The van der Waals surface area contributed by atoms with Crippen molar-refractivity contribution in [1.82, 2.24) is 16.0 Å². The standard InChI is InChI=1S/C27H31F6N3O2/c1-15(2)12-21(25(38)36-20-13-23(26(28,29)30)34-14-22(20)37)35-24(27(31,32)33)19-10-8-18(9-11-19)17-6-4-16(3)5-7-17/h4-11,15,20-21,23-24,34-35H,12-14H2,1-3H3,(H,36,38)/t20-,21-,23?,24-/m0/s1. The van der Waals surface area contributed by atoms with Crippen LogP contribution in [0.3, 0.4) is 0 Å². The molecule has 5 nitrogen and oxygen atoms in total. The molecular weight excluding hydrogens is 512 g/mol. The smallest absolute Gasteiger partial charge is 0.345 e. The summed E-state index contributed by atoms with van der Waals surface area (Å²) in [6.45, 7) is 4.73. The maximum absolute atomic E-state index is 14.2. The molecule has 11 heteroatoms. The SMILES string of the molecule is Cc1ccc(-c2ccc([C@H](N[C@@H](CC(C)C)C(=O)N[C@H]3CC(C(F)(F)F)NCC3=O)C(F)(F)F)cc2)cc1. The highest BCUT2D eigenvalue weighted by Gasteiger charge is 2.46. The van der Waals surface area contributed by atoms with E-state index < -0.39 is 61.2 Å². The van der Waals surface area contributed by atoms with Crippen molar-refractivity contribution in [2.75, 3.05) is 6.54 Å². The predicted octanol–water partition coefficient (Wildman–Crippen LogP) is 5.25. The number of Topliss-reactive ketones (excluding diaryl/α,β-unsaturated/α-hetero) is 1. The Kier molecular flexibility index (Phi) is 9.25. The van der Waals surface area contributed by atoms with Crippen LogP contribution in [0.1, 0.15) is 43.9 Å². The fraction of sp³-hybridized carbons (Fsp3) is 0.481. The number of aryl methyl sites for hydroxylation is 1. The highest BCUT2D eigenvalue weighted by atomic mass is 19.4. The van der Waals surface area contributed by atoms with Gasteiger partial charge in [0, 0.05) is 0 Å². The molecule has 1 aliphatic heterocycles. The molecule has 208 valence electrons. The molecule has 3 rings (SSSR count). The van der Waals surface area contributed by atoms with Gasteiger partial charge in [0.2, 0.25) is 5.91 Å². The minimum atomic E-state index is -4.77. The van der Waals surface area contributed by atoms with Crippen LogP contribution in [0, 0.1) is 12.8 Å². The van der Waals surface area contributed by atoms with E-state index in [1.165, 1.54) is 12.1 Å². The summed E-state index contributed by atoms with van der Waals surface area (Å²) >= 11 is 0. The van der Waals surface area contributed by atoms with Crippen molar-refractivity contribution >= 4 is 11.7 Å². The number of hydrogen-bond acceptors (Lipinski definition) is 4. The molecule has 2 aromatic carbocycles. The van der Waals surface area contributed by atoms with Crippen molar-refractivity contribution in [2.45, 2.75) is 70.1 Å². The van der Waals surface area contributed by atoms with E-state index in [1.54, 1.807) is 26.0 Å². The molecule has 1 heterocycles. The van der Waals surface area contributed by atoms with E-state index in [-0.39, 0.29) is 17.9 Å². The topological polar surface area (TPSA) is 70.2 Å². The molecule has 0 aliphatic carbocycles. The fourth-order valence-corrected chi connectivity index (χ4v) is 4.38. The van der Waals surface area contributed by atoms with Gasteiger partial charge >= 0.3 is 12.4 Å². The number of hydrogen-bond donors (Lipinski definition) is 3. The molecule has 1 saturated heterocycles. The van der Waals surface area contributed by atoms with Gasteiger partial charge in [-0.15, -0.1) is 0 Å². The van der Waals surface area contributed by atoms with E-state index in [0.717, 1.165) is 16.7 Å². The third-order valence-corrected chi connectivity index (χ3v) is 6.44.